The van der Waals surface area contributed by atoms with Crippen molar-refractivity contribution in [2.75, 3.05) is 6.61 Å². The van der Waals surface area contributed by atoms with E-state index in [4.69, 9.17) is 9.47 Å². The maximum Gasteiger partial charge on any atom is 0.317 e. The van der Waals surface area contributed by atoms with E-state index in [0.717, 1.165) is 37.7 Å². The van der Waals surface area contributed by atoms with Gasteiger partial charge in [-0.1, -0.05) is 42.5 Å². The van der Waals surface area contributed by atoms with Crippen LogP contribution in [0.2, 0.25) is 0 Å². The van der Waals surface area contributed by atoms with E-state index < -0.39 is 11.9 Å². The number of ether oxygens (including phenoxy) is 2. The molecule has 1 atom stereocenters. The molecule has 2 aromatic carbocycles. The summed E-state index contributed by atoms with van der Waals surface area (Å²) in [5.74, 6) is -0.707. The third-order valence-electron chi connectivity index (χ3n) is 6.03. The molecular formula is C25H28O4. The second-order valence-electron chi connectivity index (χ2n) is 8.21. The molecule has 0 amide bonds. The average Bonchev–Trinajstić information content (AvgIpc) is 2.76. The van der Waals surface area contributed by atoms with Gasteiger partial charge in [0.05, 0.1) is 6.61 Å². The zero-order valence-corrected chi connectivity index (χ0v) is 16.8. The molecule has 0 saturated heterocycles. The van der Waals surface area contributed by atoms with Crippen molar-refractivity contribution < 1.29 is 19.1 Å². The predicted octanol–water partition coefficient (Wildman–Crippen LogP) is 4.35. The van der Waals surface area contributed by atoms with Crippen LogP contribution in [0.1, 0.15) is 53.5 Å². The number of esters is 2. The zero-order chi connectivity index (χ0) is 20.1. The lowest BCUT2D eigenvalue weighted by Gasteiger charge is -2.24. The first-order valence-corrected chi connectivity index (χ1v) is 10.7. The molecule has 0 heterocycles. The van der Waals surface area contributed by atoms with E-state index >= 15 is 0 Å². The maximum atomic E-state index is 12.0. The fourth-order valence-electron chi connectivity index (χ4n) is 4.39. The molecule has 0 N–H and O–H groups in total. The lowest BCUT2D eigenvalue weighted by Crippen LogP contribution is -2.22. The number of hydrogen-bond acceptors (Lipinski definition) is 4. The Morgan fingerprint density at radius 2 is 1.55 bits per heavy atom. The second-order valence-corrected chi connectivity index (χ2v) is 8.21. The Morgan fingerprint density at radius 1 is 0.828 bits per heavy atom. The molecule has 0 spiro atoms. The van der Waals surface area contributed by atoms with Gasteiger partial charge in [-0.3, -0.25) is 9.59 Å². The van der Waals surface area contributed by atoms with E-state index in [-0.39, 0.29) is 13.0 Å². The van der Waals surface area contributed by atoms with Crippen LogP contribution in [-0.4, -0.2) is 18.5 Å². The minimum Gasteiger partial charge on any atom is -0.465 e. The van der Waals surface area contributed by atoms with E-state index in [1.807, 2.05) is 12.1 Å². The quantitative estimate of drug-likeness (QED) is 0.542. The van der Waals surface area contributed by atoms with Crippen molar-refractivity contribution in [3.8, 4) is 0 Å². The minimum absolute atomic E-state index is 0.207. The Morgan fingerprint density at radius 3 is 2.41 bits per heavy atom. The van der Waals surface area contributed by atoms with Gasteiger partial charge in [0.1, 0.15) is 13.0 Å². The highest BCUT2D eigenvalue weighted by Gasteiger charge is 2.21. The van der Waals surface area contributed by atoms with Crippen LogP contribution in [0.25, 0.3) is 0 Å². The summed E-state index contributed by atoms with van der Waals surface area (Å²) < 4.78 is 10.6. The normalized spacial score (nSPS) is 17.7. The summed E-state index contributed by atoms with van der Waals surface area (Å²) in [6.07, 6.45) is 7.31. The zero-order valence-electron chi connectivity index (χ0n) is 16.8. The van der Waals surface area contributed by atoms with Crippen LogP contribution < -0.4 is 0 Å². The predicted molar refractivity (Wildman–Crippen MR) is 110 cm³/mol. The molecule has 0 fully saturated rings. The molecule has 2 aromatic rings. The summed E-state index contributed by atoms with van der Waals surface area (Å²) in [7, 11) is 0. The molecule has 4 nitrogen and oxygen atoms in total. The van der Waals surface area contributed by atoms with Gasteiger partial charge in [0.25, 0.3) is 0 Å². The number of carbonyl (C=O) groups excluding carboxylic acids is 2. The highest BCUT2D eigenvalue weighted by molar-refractivity contribution is 5.91. The van der Waals surface area contributed by atoms with E-state index in [1.165, 1.54) is 35.1 Å². The number of hydrogen-bond donors (Lipinski definition) is 0. The summed E-state index contributed by atoms with van der Waals surface area (Å²) in [4.78, 5) is 24.0. The Kier molecular flexibility index (Phi) is 6.28. The molecule has 0 aromatic heterocycles. The first-order chi connectivity index (χ1) is 14.2. The van der Waals surface area contributed by atoms with E-state index in [0.29, 0.717) is 12.5 Å². The monoisotopic (exact) mass is 392 g/mol. The Bertz CT molecular complexity index is 886. The van der Waals surface area contributed by atoms with Crippen LogP contribution in [0, 0.1) is 5.92 Å². The van der Waals surface area contributed by atoms with Crippen molar-refractivity contribution >= 4 is 11.9 Å². The van der Waals surface area contributed by atoms with Gasteiger partial charge in [-0.15, -0.1) is 0 Å². The van der Waals surface area contributed by atoms with Gasteiger partial charge in [0.2, 0.25) is 0 Å². The molecule has 2 aliphatic rings. The van der Waals surface area contributed by atoms with Gasteiger partial charge in [-0.2, -0.15) is 0 Å². The van der Waals surface area contributed by atoms with Gasteiger partial charge in [-0.05, 0) is 78.7 Å². The lowest BCUT2D eigenvalue weighted by molar-refractivity contribution is -0.156. The molecule has 0 radical (unpaired) electrons. The van der Waals surface area contributed by atoms with Gasteiger partial charge in [0.15, 0.2) is 0 Å². The van der Waals surface area contributed by atoms with Crippen LogP contribution >= 0.6 is 0 Å². The highest BCUT2D eigenvalue weighted by Crippen LogP contribution is 2.26. The molecule has 1 unspecified atom stereocenters. The SMILES string of the molecule is O=C(CC(=O)OCC1CCc2ccccc2C1)OCc1ccc2c(c1)CCCC2. The smallest absolute Gasteiger partial charge is 0.317 e. The second kappa shape index (κ2) is 9.25. The van der Waals surface area contributed by atoms with Crippen LogP contribution in [-0.2, 0) is 51.4 Å². The lowest BCUT2D eigenvalue weighted by atomic mass is 9.84. The number of aryl methyl sites for hydroxylation is 3. The maximum absolute atomic E-state index is 12.0. The molecule has 0 aliphatic heterocycles. The van der Waals surface area contributed by atoms with Crippen LogP contribution in [0.4, 0.5) is 0 Å². The van der Waals surface area contributed by atoms with Gasteiger partial charge in [0, 0.05) is 0 Å². The number of benzene rings is 2. The van der Waals surface area contributed by atoms with Crippen molar-refractivity contribution in [1.82, 2.24) is 0 Å². The van der Waals surface area contributed by atoms with Gasteiger partial charge in [-0.25, -0.2) is 0 Å². The topological polar surface area (TPSA) is 52.6 Å². The van der Waals surface area contributed by atoms with Gasteiger partial charge >= 0.3 is 11.9 Å². The first-order valence-electron chi connectivity index (χ1n) is 10.7. The van der Waals surface area contributed by atoms with E-state index in [9.17, 15) is 9.59 Å². The molecule has 0 saturated carbocycles. The molecule has 0 bridgehead atoms. The number of carbonyl (C=O) groups is 2. The Hall–Kier alpha value is -2.62. The van der Waals surface area contributed by atoms with Crippen LogP contribution in [0.15, 0.2) is 42.5 Å². The fourth-order valence-corrected chi connectivity index (χ4v) is 4.39. The summed E-state index contributed by atoms with van der Waals surface area (Å²) >= 11 is 0. The van der Waals surface area contributed by atoms with Crippen molar-refractivity contribution in [2.45, 2.75) is 58.0 Å². The molecule has 29 heavy (non-hydrogen) atoms. The summed E-state index contributed by atoms with van der Waals surface area (Å²) in [6, 6.07) is 14.7. The summed E-state index contributed by atoms with van der Waals surface area (Å²) in [5, 5.41) is 0. The first kappa shape index (κ1) is 19.7. The molecule has 2 aliphatic carbocycles. The highest BCUT2D eigenvalue weighted by atomic mass is 16.6. The van der Waals surface area contributed by atoms with E-state index in [2.05, 4.69) is 30.3 Å². The molecule has 4 rings (SSSR count). The van der Waals surface area contributed by atoms with Gasteiger partial charge < -0.3 is 9.47 Å². The average molecular weight is 392 g/mol. The molecule has 152 valence electrons. The minimum atomic E-state index is -0.526. The summed E-state index contributed by atoms with van der Waals surface area (Å²) in [5.41, 5.74) is 6.47. The fraction of sp³-hybridized carbons (Fsp3) is 0.440. The third-order valence-corrected chi connectivity index (χ3v) is 6.03. The molecule has 4 heteroatoms. The third kappa shape index (κ3) is 5.26. The van der Waals surface area contributed by atoms with Crippen molar-refractivity contribution in [2.24, 2.45) is 5.92 Å². The van der Waals surface area contributed by atoms with Crippen LogP contribution in [0.5, 0.6) is 0 Å². The Labute approximate surface area is 172 Å². The standard InChI is InChI=1S/C25H28O4/c26-24(28-16-18-9-11-20-5-1-3-7-22(20)13-18)15-25(27)29-17-19-10-12-21-6-2-4-8-23(21)14-19/h1,3,5,7,10,12,14,18H,2,4,6,8-9,11,13,15-17H2. The van der Waals surface area contributed by atoms with E-state index in [1.54, 1.807) is 0 Å². The largest absolute Gasteiger partial charge is 0.465 e. The number of rotatable bonds is 6. The number of fused-ring (bicyclic) bond motifs is 2. The van der Waals surface area contributed by atoms with Crippen molar-refractivity contribution in [1.29, 1.82) is 0 Å². The van der Waals surface area contributed by atoms with Crippen LogP contribution in [0.3, 0.4) is 0 Å². The van der Waals surface area contributed by atoms with Crippen molar-refractivity contribution in [3.05, 3.63) is 70.3 Å². The Balaban J connectivity index is 1.19. The molecular weight excluding hydrogens is 364 g/mol. The van der Waals surface area contributed by atoms with Crippen molar-refractivity contribution in [3.63, 3.8) is 0 Å². The summed E-state index contributed by atoms with van der Waals surface area (Å²) in [6.45, 7) is 0.573.